The van der Waals surface area contributed by atoms with Gasteiger partial charge in [-0.2, -0.15) is 11.8 Å². The second-order valence-corrected chi connectivity index (χ2v) is 4.12. The fourth-order valence-electron chi connectivity index (χ4n) is 1.12. The number of thioether (sulfide) groups is 1. The number of nitrogens with one attached hydrogen (secondary N) is 2. The van der Waals surface area contributed by atoms with E-state index in [1.807, 2.05) is 6.26 Å². The number of aromatic nitrogens is 2. The Bertz CT molecular complexity index is 404. The van der Waals surface area contributed by atoms with Gasteiger partial charge < -0.3 is 10.6 Å². The molecule has 0 atom stereocenters. The Balaban J connectivity index is 2.75. The van der Waals surface area contributed by atoms with Crippen molar-refractivity contribution in [3.8, 4) is 0 Å². The lowest BCUT2D eigenvalue weighted by molar-refractivity contribution is -0.117. The molecule has 0 spiro atoms. The van der Waals surface area contributed by atoms with Crippen LogP contribution in [0.4, 0.5) is 5.82 Å². The number of amidine groups is 1. The summed E-state index contributed by atoms with van der Waals surface area (Å²) < 4.78 is 4.64. The third-order valence-corrected chi connectivity index (χ3v) is 2.44. The van der Waals surface area contributed by atoms with Crippen molar-refractivity contribution in [1.29, 1.82) is 0 Å². The zero-order valence-electron chi connectivity index (χ0n) is 9.98. The zero-order valence-corrected chi connectivity index (χ0v) is 10.8. The van der Waals surface area contributed by atoms with E-state index in [0.717, 1.165) is 12.3 Å². The summed E-state index contributed by atoms with van der Waals surface area (Å²) in [6.07, 6.45) is 2.01. The first-order chi connectivity index (χ1) is 8.19. The molecule has 0 unspecified atom stereocenters. The third-order valence-electron chi connectivity index (χ3n) is 1.83. The van der Waals surface area contributed by atoms with E-state index in [-0.39, 0.29) is 5.91 Å². The molecule has 0 saturated heterocycles. The highest BCUT2D eigenvalue weighted by molar-refractivity contribution is 7.98. The summed E-state index contributed by atoms with van der Waals surface area (Å²) in [5.74, 6) is 1.54. The minimum absolute atomic E-state index is 0.219. The van der Waals surface area contributed by atoms with Crippen LogP contribution < -0.4 is 10.6 Å². The maximum atomic E-state index is 11.0. The summed E-state index contributed by atoms with van der Waals surface area (Å²) in [6, 6.07) is 0. The molecule has 17 heavy (non-hydrogen) atoms. The van der Waals surface area contributed by atoms with Gasteiger partial charge in [-0.15, -0.1) is 0 Å². The Morgan fingerprint density at radius 1 is 1.53 bits per heavy atom. The van der Waals surface area contributed by atoms with Crippen LogP contribution in [0.2, 0.25) is 0 Å². The number of rotatable bonds is 5. The first kappa shape index (κ1) is 13.5. The van der Waals surface area contributed by atoms with E-state index in [2.05, 4.69) is 30.6 Å². The predicted molar refractivity (Wildman–Crippen MR) is 67.4 cm³/mol. The largest absolute Gasteiger partial charge is 0.364 e. The topological polar surface area (TPSA) is 92.4 Å². The van der Waals surface area contributed by atoms with Gasteiger partial charge in [0, 0.05) is 26.3 Å². The number of anilines is 1. The zero-order chi connectivity index (χ0) is 12.7. The van der Waals surface area contributed by atoms with Crippen LogP contribution in [0.3, 0.4) is 0 Å². The van der Waals surface area contributed by atoms with Gasteiger partial charge in [0.15, 0.2) is 11.5 Å². The molecule has 0 aliphatic heterocycles. The SMILES string of the molecule is CN=C(NC(C)=O)c1nonc1NCCSC. The molecular weight excluding hydrogens is 242 g/mol. The second-order valence-electron chi connectivity index (χ2n) is 3.13. The molecule has 0 aliphatic carbocycles. The van der Waals surface area contributed by atoms with Crippen molar-refractivity contribution < 1.29 is 9.42 Å². The molecule has 7 nitrogen and oxygen atoms in total. The number of aliphatic imine (C=N–C) groups is 1. The van der Waals surface area contributed by atoms with Crippen LogP contribution in [0.1, 0.15) is 12.6 Å². The van der Waals surface area contributed by atoms with Crippen LogP contribution in [0.15, 0.2) is 9.62 Å². The second kappa shape index (κ2) is 6.89. The van der Waals surface area contributed by atoms with Crippen molar-refractivity contribution in [2.75, 3.05) is 30.9 Å². The van der Waals surface area contributed by atoms with Crippen LogP contribution in [0, 0.1) is 0 Å². The number of hydrogen-bond donors (Lipinski definition) is 2. The summed E-state index contributed by atoms with van der Waals surface area (Å²) in [5, 5.41) is 13.1. The number of amides is 1. The lowest BCUT2D eigenvalue weighted by Gasteiger charge is -2.05. The van der Waals surface area contributed by atoms with E-state index >= 15 is 0 Å². The maximum Gasteiger partial charge on any atom is 0.222 e. The number of carbonyl (C=O) groups is 1. The summed E-state index contributed by atoms with van der Waals surface area (Å²) in [6.45, 7) is 2.14. The Hall–Kier alpha value is -1.57. The highest BCUT2D eigenvalue weighted by Gasteiger charge is 2.16. The highest BCUT2D eigenvalue weighted by atomic mass is 32.2. The molecule has 1 rings (SSSR count). The predicted octanol–water partition coefficient (Wildman–Crippen LogP) is 0.357. The first-order valence-corrected chi connectivity index (χ1v) is 6.38. The van der Waals surface area contributed by atoms with Crippen molar-refractivity contribution in [2.45, 2.75) is 6.92 Å². The molecule has 0 saturated carbocycles. The molecule has 0 aliphatic rings. The summed E-state index contributed by atoms with van der Waals surface area (Å²) >= 11 is 1.71. The van der Waals surface area contributed by atoms with E-state index in [9.17, 15) is 4.79 Å². The fraction of sp³-hybridized carbons (Fsp3) is 0.556. The molecule has 1 amide bonds. The van der Waals surface area contributed by atoms with Crippen molar-refractivity contribution in [3.05, 3.63) is 5.69 Å². The quantitative estimate of drug-likeness (QED) is 0.449. The Morgan fingerprint density at radius 3 is 2.88 bits per heavy atom. The van der Waals surface area contributed by atoms with Crippen LogP contribution in [-0.4, -0.2) is 47.7 Å². The lowest BCUT2D eigenvalue weighted by Crippen LogP contribution is -2.30. The van der Waals surface area contributed by atoms with E-state index in [1.54, 1.807) is 18.8 Å². The molecular formula is C9H15N5O2S. The van der Waals surface area contributed by atoms with E-state index in [1.165, 1.54) is 6.92 Å². The number of nitrogens with zero attached hydrogens (tertiary/aromatic N) is 3. The summed E-state index contributed by atoms with van der Waals surface area (Å²) in [5.41, 5.74) is 0.406. The van der Waals surface area contributed by atoms with E-state index in [4.69, 9.17) is 0 Å². The van der Waals surface area contributed by atoms with Gasteiger partial charge in [-0.05, 0) is 16.6 Å². The molecule has 8 heteroatoms. The van der Waals surface area contributed by atoms with Gasteiger partial charge in [0.1, 0.15) is 0 Å². The molecule has 1 aromatic rings. The van der Waals surface area contributed by atoms with Crippen LogP contribution in [-0.2, 0) is 4.79 Å². The molecule has 2 N–H and O–H groups in total. The molecule has 1 heterocycles. The Morgan fingerprint density at radius 2 is 2.29 bits per heavy atom. The first-order valence-electron chi connectivity index (χ1n) is 4.99. The van der Waals surface area contributed by atoms with Gasteiger partial charge in [0.25, 0.3) is 0 Å². The van der Waals surface area contributed by atoms with E-state index < -0.39 is 0 Å². The standard InChI is InChI=1S/C9H15N5O2S/c1-6(15)12-8(10-2)7-9(14-16-13-7)11-4-5-17-3/h4-5H2,1-3H3,(H,11,14)(H,10,12,15). The maximum absolute atomic E-state index is 11.0. The van der Waals surface area contributed by atoms with Gasteiger partial charge in [-0.3, -0.25) is 9.79 Å². The molecule has 0 bridgehead atoms. The minimum Gasteiger partial charge on any atom is -0.364 e. The Labute approximate surface area is 103 Å². The third kappa shape index (κ3) is 4.06. The highest BCUT2D eigenvalue weighted by Crippen LogP contribution is 2.09. The van der Waals surface area contributed by atoms with Gasteiger partial charge in [-0.25, -0.2) is 4.63 Å². The average Bonchev–Trinajstić information content (AvgIpc) is 2.74. The molecule has 0 aromatic carbocycles. The van der Waals surface area contributed by atoms with Gasteiger partial charge in [0.2, 0.25) is 11.7 Å². The van der Waals surface area contributed by atoms with Crippen LogP contribution in [0.25, 0.3) is 0 Å². The van der Waals surface area contributed by atoms with Crippen molar-refractivity contribution in [3.63, 3.8) is 0 Å². The lowest BCUT2D eigenvalue weighted by atomic mass is 10.3. The average molecular weight is 257 g/mol. The van der Waals surface area contributed by atoms with Gasteiger partial charge in [0.05, 0.1) is 0 Å². The number of carbonyl (C=O) groups excluding carboxylic acids is 1. The molecule has 0 radical (unpaired) electrons. The van der Waals surface area contributed by atoms with Crippen molar-refractivity contribution in [2.24, 2.45) is 4.99 Å². The summed E-state index contributed by atoms with van der Waals surface area (Å²) in [7, 11) is 1.56. The van der Waals surface area contributed by atoms with Crippen molar-refractivity contribution in [1.82, 2.24) is 15.6 Å². The summed E-state index contributed by atoms with van der Waals surface area (Å²) in [4.78, 5) is 14.9. The number of hydrogen-bond acceptors (Lipinski definition) is 7. The monoisotopic (exact) mass is 257 g/mol. The smallest absolute Gasteiger partial charge is 0.222 e. The fourth-order valence-corrected chi connectivity index (χ4v) is 1.43. The molecule has 0 fully saturated rings. The molecule has 94 valence electrons. The van der Waals surface area contributed by atoms with Crippen molar-refractivity contribution >= 4 is 29.3 Å². The van der Waals surface area contributed by atoms with Crippen LogP contribution in [0.5, 0.6) is 0 Å². The van der Waals surface area contributed by atoms with Gasteiger partial charge in [-0.1, -0.05) is 0 Å². The Kier molecular flexibility index (Phi) is 5.47. The van der Waals surface area contributed by atoms with Crippen LogP contribution >= 0.6 is 11.8 Å². The molecule has 1 aromatic heterocycles. The minimum atomic E-state index is -0.219. The van der Waals surface area contributed by atoms with E-state index in [0.29, 0.717) is 17.3 Å². The van der Waals surface area contributed by atoms with Gasteiger partial charge >= 0.3 is 0 Å². The normalized spacial score (nSPS) is 11.4.